The molecule has 0 bridgehead atoms. The molecule has 1 aromatic rings. The second-order valence-electron chi connectivity index (χ2n) is 6.94. The molecule has 4 nitrogen and oxygen atoms in total. The fourth-order valence-electron chi connectivity index (χ4n) is 3.93. The third-order valence-corrected chi connectivity index (χ3v) is 6.46. The molecule has 1 saturated heterocycles. The number of hydrogen-bond acceptors (Lipinski definition) is 3. The van der Waals surface area contributed by atoms with Gasteiger partial charge in [-0.3, -0.25) is 4.99 Å². The van der Waals surface area contributed by atoms with Crippen LogP contribution in [0.4, 0.5) is 0 Å². The van der Waals surface area contributed by atoms with Crippen molar-refractivity contribution in [3.8, 4) is 0 Å². The van der Waals surface area contributed by atoms with Gasteiger partial charge in [-0.2, -0.15) is 11.8 Å². The van der Waals surface area contributed by atoms with Crippen LogP contribution < -0.4 is 10.6 Å². The van der Waals surface area contributed by atoms with Gasteiger partial charge in [0.05, 0.1) is 6.10 Å². The van der Waals surface area contributed by atoms with Gasteiger partial charge in [-0.05, 0) is 37.0 Å². The molecule has 4 unspecified atom stereocenters. The highest BCUT2D eigenvalue weighted by Gasteiger charge is 2.30. The van der Waals surface area contributed by atoms with E-state index in [0.717, 1.165) is 30.8 Å². The van der Waals surface area contributed by atoms with Crippen LogP contribution >= 0.6 is 35.7 Å². The van der Waals surface area contributed by atoms with Crippen molar-refractivity contribution in [3.05, 3.63) is 35.9 Å². The number of ether oxygens (including phenoxy) is 1. The van der Waals surface area contributed by atoms with Crippen molar-refractivity contribution in [3.63, 3.8) is 0 Å². The molecule has 146 valence electrons. The van der Waals surface area contributed by atoms with Crippen LogP contribution in [0.15, 0.2) is 35.3 Å². The maximum atomic E-state index is 5.99. The Kier molecular flexibility index (Phi) is 9.56. The molecule has 4 atom stereocenters. The number of guanidine groups is 1. The van der Waals surface area contributed by atoms with Gasteiger partial charge in [0.25, 0.3) is 0 Å². The minimum absolute atomic E-state index is 0. The van der Waals surface area contributed by atoms with Gasteiger partial charge in [0.2, 0.25) is 0 Å². The van der Waals surface area contributed by atoms with Gasteiger partial charge in [0.15, 0.2) is 5.96 Å². The summed E-state index contributed by atoms with van der Waals surface area (Å²) in [5.74, 6) is 2.64. The van der Waals surface area contributed by atoms with Gasteiger partial charge < -0.3 is 15.4 Å². The highest BCUT2D eigenvalue weighted by molar-refractivity contribution is 14.0. The Hall–Kier alpha value is -0.470. The monoisotopic (exact) mass is 489 g/mol. The summed E-state index contributed by atoms with van der Waals surface area (Å²) in [5, 5.41) is 7.97. The standard InChI is InChI=1S/C20H31N3OS.HI/c1-3-25-18-10-9-17(13-18)23-20(21-2)22-14-16-11-12-24-19(16)15-7-5-4-6-8-15;/h4-8,16-19H,3,9-14H2,1-2H3,(H2,21,22,23);1H. The van der Waals surface area contributed by atoms with Crippen LogP contribution in [0.1, 0.15) is 44.3 Å². The van der Waals surface area contributed by atoms with Crippen LogP contribution in [-0.4, -0.2) is 43.2 Å². The van der Waals surface area contributed by atoms with E-state index in [9.17, 15) is 0 Å². The Morgan fingerprint density at radius 1 is 1.23 bits per heavy atom. The van der Waals surface area contributed by atoms with Crippen LogP contribution in [0.25, 0.3) is 0 Å². The molecule has 2 aliphatic rings. The van der Waals surface area contributed by atoms with E-state index in [1.807, 2.05) is 7.05 Å². The van der Waals surface area contributed by atoms with Gasteiger partial charge in [-0.15, -0.1) is 24.0 Å². The first-order valence-corrected chi connectivity index (χ1v) is 10.6. The fourth-order valence-corrected chi connectivity index (χ4v) is 5.07. The third kappa shape index (κ3) is 6.02. The predicted molar refractivity (Wildman–Crippen MR) is 123 cm³/mol. The highest BCUT2D eigenvalue weighted by Crippen LogP contribution is 2.34. The summed E-state index contributed by atoms with van der Waals surface area (Å²) in [7, 11) is 1.86. The summed E-state index contributed by atoms with van der Waals surface area (Å²) in [5.41, 5.74) is 1.28. The van der Waals surface area contributed by atoms with Crippen LogP contribution in [0, 0.1) is 5.92 Å². The molecule has 0 aromatic heterocycles. The molecule has 1 aromatic carbocycles. The third-order valence-electron chi connectivity index (χ3n) is 5.23. The maximum absolute atomic E-state index is 5.99. The molecule has 26 heavy (non-hydrogen) atoms. The first-order chi connectivity index (χ1) is 12.3. The molecule has 1 saturated carbocycles. The first-order valence-electron chi connectivity index (χ1n) is 9.55. The van der Waals surface area contributed by atoms with E-state index in [2.05, 4.69) is 64.6 Å². The van der Waals surface area contributed by atoms with Crippen molar-refractivity contribution >= 4 is 41.7 Å². The van der Waals surface area contributed by atoms with Crippen molar-refractivity contribution in [1.29, 1.82) is 0 Å². The van der Waals surface area contributed by atoms with E-state index >= 15 is 0 Å². The number of nitrogens with zero attached hydrogens (tertiary/aromatic N) is 1. The number of halogens is 1. The summed E-state index contributed by atoms with van der Waals surface area (Å²) >= 11 is 2.09. The molecule has 1 aliphatic carbocycles. The van der Waals surface area contributed by atoms with Gasteiger partial charge >= 0.3 is 0 Å². The number of hydrogen-bond donors (Lipinski definition) is 2. The fraction of sp³-hybridized carbons (Fsp3) is 0.650. The lowest BCUT2D eigenvalue weighted by Gasteiger charge is -2.22. The lowest BCUT2D eigenvalue weighted by atomic mass is 9.95. The second kappa shape index (κ2) is 11.4. The van der Waals surface area contributed by atoms with Crippen LogP contribution in [0.3, 0.4) is 0 Å². The molecular formula is C20H32IN3OS. The van der Waals surface area contributed by atoms with Crippen molar-refractivity contribution in [1.82, 2.24) is 10.6 Å². The van der Waals surface area contributed by atoms with Gasteiger partial charge in [0.1, 0.15) is 0 Å². The minimum atomic E-state index is 0. The van der Waals surface area contributed by atoms with Crippen molar-refractivity contribution in [2.45, 2.75) is 50.0 Å². The van der Waals surface area contributed by atoms with Crippen LogP contribution in [-0.2, 0) is 4.74 Å². The summed E-state index contributed by atoms with van der Waals surface area (Å²) in [6.07, 6.45) is 5.11. The van der Waals surface area contributed by atoms with E-state index in [0.29, 0.717) is 12.0 Å². The molecule has 1 aliphatic heterocycles. The Bertz CT molecular complexity index is 557. The lowest BCUT2D eigenvalue weighted by Crippen LogP contribution is -2.44. The SMILES string of the molecule is CCSC1CCC(NC(=NC)NCC2CCOC2c2ccccc2)C1.I. The van der Waals surface area contributed by atoms with Crippen LogP contribution in [0.2, 0.25) is 0 Å². The lowest BCUT2D eigenvalue weighted by molar-refractivity contribution is 0.0915. The summed E-state index contributed by atoms with van der Waals surface area (Å²) in [6.45, 7) is 3.99. The molecule has 0 radical (unpaired) electrons. The number of thioether (sulfide) groups is 1. The topological polar surface area (TPSA) is 45.7 Å². The maximum Gasteiger partial charge on any atom is 0.191 e. The number of nitrogens with one attached hydrogen (secondary N) is 2. The summed E-state index contributed by atoms with van der Waals surface area (Å²) in [4.78, 5) is 4.43. The average Bonchev–Trinajstić information content (AvgIpc) is 3.29. The largest absolute Gasteiger partial charge is 0.373 e. The molecule has 2 fully saturated rings. The zero-order valence-corrected chi connectivity index (χ0v) is 19.0. The van der Waals surface area contributed by atoms with E-state index in [4.69, 9.17) is 4.74 Å². The molecule has 3 rings (SSSR count). The molecule has 1 heterocycles. The molecule has 2 N–H and O–H groups in total. The average molecular weight is 489 g/mol. The Labute approximate surface area is 179 Å². The molecule has 0 spiro atoms. The van der Waals surface area contributed by atoms with Crippen molar-refractivity contribution < 1.29 is 4.74 Å². The van der Waals surface area contributed by atoms with E-state index in [-0.39, 0.29) is 30.1 Å². The van der Waals surface area contributed by atoms with Crippen molar-refractivity contribution in [2.24, 2.45) is 10.9 Å². The Morgan fingerprint density at radius 3 is 2.77 bits per heavy atom. The van der Waals surface area contributed by atoms with Crippen molar-refractivity contribution in [2.75, 3.05) is 26.0 Å². The van der Waals surface area contributed by atoms with Gasteiger partial charge in [-0.1, -0.05) is 37.3 Å². The molecule has 0 amide bonds. The zero-order chi connectivity index (χ0) is 17.5. The first kappa shape index (κ1) is 21.8. The van der Waals surface area contributed by atoms with Crippen LogP contribution in [0.5, 0.6) is 0 Å². The zero-order valence-electron chi connectivity index (χ0n) is 15.8. The number of aliphatic imine (C=N–C) groups is 1. The minimum Gasteiger partial charge on any atom is -0.373 e. The molecule has 6 heteroatoms. The smallest absolute Gasteiger partial charge is 0.191 e. The highest BCUT2D eigenvalue weighted by atomic mass is 127. The molecular weight excluding hydrogens is 457 g/mol. The summed E-state index contributed by atoms with van der Waals surface area (Å²) < 4.78 is 5.99. The quantitative estimate of drug-likeness (QED) is 0.357. The van der Waals surface area contributed by atoms with E-state index in [1.165, 1.54) is 30.6 Å². The van der Waals surface area contributed by atoms with Gasteiger partial charge in [-0.25, -0.2) is 0 Å². The van der Waals surface area contributed by atoms with E-state index < -0.39 is 0 Å². The van der Waals surface area contributed by atoms with E-state index in [1.54, 1.807) is 0 Å². The summed E-state index contributed by atoms with van der Waals surface area (Å²) in [6, 6.07) is 11.1. The number of benzene rings is 1. The predicted octanol–water partition coefficient (Wildman–Crippen LogP) is 4.22. The normalized spacial score (nSPS) is 28.6. The Balaban J connectivity index is 0.00000243. The Morgan fingerprint density at radius 2 is 2.04 bits per heavy atom. The second-order valence-corrected chi connectivity index (χ2v) is 8.51. The number of rotatable bonds is 6. The van der Waals surface area contributed by atoms with Gasteiger partial charge in [0, 0.05) is 37.4 Å².